The van der Waals surface area contributed by atoms with Crippen LogP contribution in [0.1, 0.15) is 11.3 Å². The van der Waals surface area contributed by atoms with E-state index in [0.717, 1.165) is 11.3 Å². The second-order valence-corrected chi connectivity index (χ2v) is 6.65. The van der Waals surface area contributed by atoms with Gasteiger partial charge >= 0.3 is 0 Å². The van der Waals surface area contributed by atoms with Crippen LogP contribution in [-0.2, 0) is 10.0 Å². The van der Waals surface area contributed by atoms with Crippen LogP contribution in [0, 0.1) is 13.8 Å². The molecule has 0 fully saturated rings. The van der Waals surface area contributed by atoms with E-state index in [1.54, 1.807) is 12.1 Å². The minimum Gasteiger partial charge on any atom is -0.369 e. The molecule has 0 saturated heterocycles. The summed E-state index contributed by atoms with van der Waals surface area (Å²) < 4.78 is 27.6. The summed E-state index contributed by atoms with van der Waals surface area (Å²) in [5, 5.41) is 4.98. The molecule has 2 aromatic rings. The topological polar surface area (TPSA) is 97.4 Å². The van der Waals surface area contributed by atoms with Crippen LogP contribution in [0.2, 0.25) is 0 Å². The van der Waals surface area contributed by atoms with Gasteiger partial charge in [-0.2, -0.15) is 8.42 Å². The van der Waals surface area contributed by atoms with Crippen molar-refractivity contribution >= 4 is 32.5 Å². The molecule has 0 aliphatic heterocycles. The summed E-state index contributed by atoms with van der Waals surface area (Å²) in [5.41, 5.74) is 7.39. The molecule has 1 aromatic heterocycles. The van der Waals surface area contributed by atoms with Gasteiger partial charge in [-0.25, -0.2) is 4.98 Å². The molecule has 0 amide bonds. The number of thiazole rings is 1. The highest BCUT2D eigenvalue weighted by atomic mass is 32.2. The molecule has 0 aliphatic carbocycles. The molecule has 0 aliphatic rings. The van der Waals surface area contributed by atoms with E-state index in [0.29, 0.717) is 5.13 Å². The average molecular weight is 310 g/mol. The number of nitrogens with one attached hydrogen (secondary N) is 1. The van der Waals surface area contributed by atoms with Gasteiger partial charge < -0.3 is 11.1 Å². The maximum atomic E-state index is 12.0. The molecule has 1 heterocycles. The van der Waals surface area contributed by atoms with Gasteiger partial charge in [0.25, 0.3) is 10.0 Å². The fourth-order valence-corrected chi connectivity index (χ4v) is 3.02. The Labute approximate surface area is 121 Å². The molecular formula is C12H14N4O2S2. The van der Waals surface area contributed by atoms with Crippen molar-refractivity contribution in [2.75, 3.05) is 5.32 Å². The van der Waals surface area contributed by atoms with Gasteiger partial charge in [0, 0.05) is 5.38 Å². The second-order valence-electron chi connectivity index (χ2n) is 4.18. The van der Waals surface area contributed by atoms with Crippen LogP contribution in [0.3, 0.4) is 0 Å². The number of guanidine groups is 1. The predicted octanol–water partition coefficient (Wildman–Crippen LogP) is 1.88. The van der Waals surface area contributed by atoms with E-state index < -0.39 is 10.0 Å². The van der Waals surface area contributed by atoms with Crippen molar-refractivity contribution in [2.45, 2.75) is 18.7 Å². The fourth-order valence-electron chi connectivity index (χ4n) is 1.44. The van der Waals surface area contributed by atoms with E-state index in [1.165, 1.54) is 23.5 Å². The number of aryl methyl sites for hydroxylation is 2. The van der Waals surface area contributed by atoms with E-state index in [9.17, 15) is 8.42 Å². The molecule has 0 spiro atoms. The Morgan fingerprint density at radius 3 is 2.50 bits per heavy atom. The zero-order valence-corrected chi connectivity index (χ0v) is 12.6. The third-order valence-electron chi connectivity index (χ3n) is 2.39. The standard InChI is InChI=1S/C12H14N4O2S2/c1-8-3-5-10(6-4-8)20(17,18)16-11(13)15-12-14-9(2)7-19-12/h3-7H,1-2H3,(H3,13,14,15,16). The van der Waals surface area contributed by atoms with Crippen molar-refractivity contribution in [3.05, 3.63) is 40.9 Å². The van der Waals surface area contributed by atoms with Gasteiger partial charge in [-0.05, 0) is 26.0 Å². The van der Waals surface area contributed by atoms with Crippen LogP contribution in [-0.4, -0.2) is 19.4 Å². The first-order chi connectivity index (χ1) is 9.37. The Bertz CT molecular complexity index is 733. The molecule has 0 atom stereocenters. The summed E-state index contributed by atoms with van der Waals surface area (Å²) in [6.45, 7) is 3.71. The van der Waals surface area contributed by atoms with Gasteiger partial charge in [0.1, 0.15) is 0 Å². The number of hydrogen-bond acceptors (Lipinski definition) is 4. The third kappa shape index (κ3) is 3.55. The number of rotatable bonds is 3. The number of sulfonamides is 1. The van der Waals surface area contributed by atoms with Gasteiger partial charge in [-0.3, -0.25) is 0 Å². The first-order valence-electron chi connectivity index (χ1n) is 5.73. The SMILES string of the molecule is Cc1ccc(S(=O)(=O)N=C(N)Nc2nc(C)cs2)cc1. The second kappa shape index (κ2) is 5.59. The molecule has 3 N–H and O–H groups in total. The Hall–Kier alpha value is -1.93. The summed E-state index contributed by atoms with van der Waals surface area (Å²) >= 11 is 1.32. The molecule has 0 radical (unpaired) electrons. The molecule has 2 rings (SSSR count). The lowest BCUT2D eigenvalue weighted by atomic mass is 10.2. The molecule has 106 valence electrons. The Morgan fingerprint density at radius 1 is 1.30 bits per heavy atom. The van der Waals surface area contributed by atoms with E-state index in [-0.39, 0.29) is 10.9 Å². The summed E-state index contributed by atoms with van der Waals surface area (Å²) in [6, 6.07) is 6.40. The van der Waals surface area contributed by atoms with E-state index in [1.807, 2.05) is 19.2 Å². The van der Waals surface area contributed by atoms with Gasteiger partial charge in [-0.15, -0.1) is 15.7 Å². The van der Waals surface area contributed by atoms with Crippen LogP contribution >= 0.6 is 11.3 Å². The molecule has 6 nitrogen and oxygen atoms in total. The lowest BCUT2D eigenvalue weighted by Gasteiger charge is -2.03. The fraction of sp³-hybridized carbons (Fsp3) is 0.167. The first-order valence-corrected chi connectivity index (χ1v) is 8.05. The smallest absolute Gasteiger partial charge is 0.285 e. The van der Waals surface area contributed by atoms with Crippen molar-refractivity contribution in [3.63, 3.8) is 0 Å². The van der Waals surface area contributed by atoms with E-state index in [2.05, 4.69) is 14.7 Å². The summed E-state index contributed by atoms with van der Waals surface area (Å²) in [7, 11) is -3.81. The summed E-state index contributed by atoms with van der Waals surface area (Å²) in [4.78, 5) is 4.22. The molecule has 0 bridgehead atoms. The van der Waals surface area contributed by atoms with Crippen molar-refractivity contribution in [2.24, 2.45) is 10.1 Å². The lowest BCUT2D eigenvalue weighted by Crippen LogP contribution is -2.24. The van der Waals surface area contributed by atoms with Crippen LogP contribution in [0.25, 0.3) is 0 Å². The molecule has 8 heteroatoms. The lowest BCUT2D eigenvalue weighted by molar-refractivity contribution is 0.598. The Kier molecular flexibility index (Phi) is 4.05. The minimum atomic E-state index is -3.81. The van der Waals surface area contributed by atoms with Crippen LogP contribution in [0.5, 0.6) is 0 Å². The van der Waals surface area contributed by atoms with Crippen LogP contribution in [0.4, 0.5) is 5.13 Å². The van der Waals surface area contributed by atoms with Crippen molar-refractivity contribution < 1.29 is 8.42 Å². The predicted molar refractivity (Wildman–Crippen MR) is 80.5 cm³/mol. The highest BCUT2D eigenvalue weighted by Crippen LogP contribution is 2.16. The van der Waals surface area contributed by atoms with E-state index >= 15 is 0 Å². The highest BCUT2D eigenvalue weighted by molar-refractivity contribution is 7.90. The summed E-state index contributed by atoms with van der Waals surface area (Å²) in [6.07, 6.45) is 0. The number of benzene rings is 1. The molecular weight excluding hydrogens is 296 g/mol. The molecule has 0 unspecified atom stereocenters. The van der Waals surface area contributed by atoms with Crippen LogP contribution in [0.15, 0.2) is 38.9 Å². The number of hydrogen-bond donors (Lipinski definition) is 2. The monoisotopic (exact) mass is 310 g/mol. The Morgan fingerprint density at radius 2 is 1.95 bits per heavy atom. The third-order valence-corrected chi connectivity index (χ3v) is 4.57. The number of aromatic nitrogens is 1. The largest absolute Gasteiger partial charge is 0.369 e. The van der Waals surface area contributed by atoms with Crippen LogP contribution < -0.4 is 11.1 Å². The first kappa shape index (κ1) is 14.5. The molecule has 1 aromatic carbocycles. The quantitative estimate of drug-likeness (QED) is 0.666. The van der Waals surface area contributed by atoms with Gasteiger partial charge in [-0.1, -0.05) is 17.7 Å². The van der Waals surface area contributed by atoms with Crippen molar-refractivity contribution in [1.29, 1.82) is 0 Å². The van der Waals surface area contributed by atoms with Gasteiger partial charge in [0.05, 0.1) is 10.6 Å². The van der Waals surface area contributed by atoms with E-state index in [4.69, 9.17) is 5.73 Å². The molecule has 0 saturated carbocycles. The number of anilines is 1. The maximum Gasteiger partial charge on any atom is 0.285 e. The highest BCUT2D eigenvalue weighted by Gasteiger charge is 2.13. The van der Waals surface area contributed by atoms with Crippen molar-refractivity contribution in [3.8, 4) is 0 Å². The van der Waals surface area contributed by atoms with Gasteiger partial charge in [0.15, 0.2) is 5.13 Å². The number of nitrogens with two attached hydrogens (primary N) is 1. The minimum absolute atomic E-state index is 0.100. The summed E-state index contributed by atoms with van der Waals surface area (Å²) in [5.74, 6) is -0.208. The Balaban J connectivity index is 2.21. The maximum absolute atomic E-state index is 12.0. The number of nitrogens with zero attached hydrogens (tertiary/aromatic N) is 2. The average Bonchev–Trinajstić information content (AvgIpc) is 2.74. The zero-order chi connectivity index (χ0) is 14.8. The molecule has 20 heavy (non-hydrogen) atoms. The van der Waals surface area contributed by atoms with Gasteiger partial charge in [0.2, 0.25) is 5.96 Å². The van der Waals surface area contributed by atoms with Crippen molar-refractivity contribution in [1.82, 2.24) is 4.98 Å². The normalized spacial score (nSPS) is 12.4. The zero-order valence-electron chi connectivity index (χ0n) is 11.0.